The number of carbonyl (C=O) groups is 1. The fourth-order valence-corrected chi connectivity index (χ4v) is 2.89. The van der Waals surface area contributed by atoms with Crippen molar-refractivity contribution in [2.75, 3.05) is 18.5 Å². The highest BCUT2D eigenvalue weighted by Crippen LogP contribution is 2.26. The summed E-state index contributed by atoms with van der Waals surface area (Å²) >= 11 is 0. The minimum absolute atomic E-state index is 0.0724. The van der Waals surface area contributed by atoms with Crippen LogP contribution in [0.15, 0.2) is 27.8 Å². The Labute approximate surface area is 118 Å². The van der Waals surface area contributed by atoms with Crippen LogP contribution in [-0.4, -0.2) is 38.8 Å². The van der Waals surface area contributed by atoms with Crippen LogP contribution in [0.25, 0.3) is 11.1 Å². The van der Waals surface area contributed by atoms with Crippen LogP contribution in [0.3, 0.4) is 0 Å². The zero-order valence-corrected chi connectivity index (χ0v) is 11.9. The van der Waals surface area contributed by atoms with Gasteiger partial charge < -0.3 is 15.1 Å². The summed E-state index contributed by atoms with van der Waals surface area (Å²) in [5.41, 5.74) is 7.27. The van der Waals surface area contributed by atoms with Gasteiger partial charge in [0.1, 0.15) is 22.1 Å². The third-order valence-electron chi connectivity index (χ3n) is 3.33. The average Bonchev–Trinajstić information content (AvgIpc) is 3.17. The number of nitrogens with two attached hydrogens (primary N) is 1. The van der Waals surface area contributed by atoms with Crippen LogP contribution < -0.4 is 5.73 Å². The Morgan fingerprint density at radius 2 is 2.30 bits per heavy atom. The van der Waals surface area contributed by atoms with Crippen LogP contribution in [0.1, 0.15) is 12.8 Å². The van der Waals surface area contributed by atoms with Crippen LogP contribution in [0.5, 0.6) is 0 Å². The number of benzene rings is 1. The first-order chi connectivity index (χ1) is 9.54. The van der Waals surface area contributed by atoms with Crippen molar-refractivity contribution < 1.29 is 13.4 Å². The summed E-state index contributed by atoms with van der Waals surface area (Å²) in [4.78, 5) is 17.7. The maximum absolute atomic E-state index is 12.1. The van der Waals surface area contributed by atoms with Crippen LogP contribution in [-0.2, 0) is 15.6 Å². The van der Waals surface area contributed by atoms with Crippen molar-refractivity contribution in [3.8, 4) is 0 Å². The molecule has 0 aliphatic heterocycles. The van der Waals surface area contributed by atoms with E-state index in [1.165, 1.54) is 0 Å². The number of oxazole rings is 1. The van der Waals surface area contributed by atoms with Gasteiger partial charge in [-0.05, 0) is 25.0 Å². The molecular weight excluding hydrogens is 278 g/mol. The Hall–Kier alpha value is -1.89. The summed E-state index contributed by atoms with van der Waals surface area (Å²) in [5.74, 6) is -0.248. The second-order valence-electron chi connectivity index (χ2n) is 4.93. The maximum Gasteiger partial charge on any atom is 0.288 e. The number of rotatable bonds is 4. The molecule has 1 amide bonds. The number of fused-ring (bicyclic) bond motifs is 1. The largest absolute Gasteiger partial charge is 0.430 e. The standard InChI is InChI=1S/C13H15N3O3S/c1-16(9-3-4-9)12(17)7-20(18)13-15-10-5-2-8(14)6-11(10)19-13/h2,5-6,9H,3-4,7,14H2,1H3. The van der Waals surface area contributed by atoms with Gasteiger partial charge in [0.2, 0.25) is 5.91 Å². The van der Waals surface area contributed by atoms with Gasteiger partial charge in [-0.15, -0.1) is 0 Å². The number of nitrogens with zero attached hydrogens (tertiary/aromatic N) is 2. The molecule has 7 heteroatoms. The predicted molar refractivity (Wildman–Crippen MR) is 75.5 cm³/mol. The van der Waals surface area contributed by atoms with Gasteiger partial charge in [0.05, 0.1) is 0 Å². The molecule has 1 fully saturated rings. The number of anilines is 1. The van der Waals surface area contributed by atoms with E-state index < -0.39 is 10.8 Å². The highest BCUT2D eigenvalue weighted by atomic mass is 32.2. The Morgan fingerprint density at radius 3 is 3.00 bits per heavy atom. The van der Waals surface area contributed by atoms with E-state index in [1.807, 2.05) is 0 Å². The van der Waals surface area contributed by atoms with Gasteiger partial charge in [-0.25, -0.2) is 9.19 Å². The molecule has 0 radical (unpaired) electrons. The van der Waals surface area contributed by atoms with E-state index >= 15 is 0 Å². The minimum atomic E-state index is -1.57. The molecule has 1 aliphatic rings. The molecule has 1 aromatic carbocycles. The summed E-state index contributed by atoms with van der Waals surface area (Å²) in [5, 5.41) is 0.0724. The molecule has 2 N–H and O–H groups in total. The van der Waals surface area contributed by atoms with E-state index in [9.17, 15) is 9.00 Å². The summed E-state index contributed by atoms with van der Waals surface area (Å²) in [6, 6.07) is 5.33. The lowest BCUT2D eigenvalue weighted by molar-refractivity contribution is -0.127. The quantitative estimate of drug-likeness (QED) is 0.854. The first kappa shape index (κ1) is 13.1. The number of carbonyl (C=O) groups excluding carboxylic acids is 1. The zero-order valence-electron chi connectivity index (χ0n) is 11.0. The Balaban J connectivity index is 1.76. The van der Waals surface area contributed by atoms with Gasteiger partial charge in [0, 0.05) is 24.8 Å². The number of aromatic nitrogens is 1. The molecule has 1 aromatic heterocycles. The summed E-state index contributed by atoms with van der Waals surface area (Å²) in [6.07, 6.45) is 2.05. The molecule has 20 heavy (non-hydrogen) atoms. The van der Waals surface area contributed by atoms with Crippen molar-refractivity contribution in [2.24, 2.45) is 0 Å². The number of nitrogen functional groups attached to an aromatic ring is 1. The van der Waals surface area contributed by atoms with Gasteiger partial charge in [-0.3, -0.25) is 4.79 Å². The number of hydrogen-bond acceptors (Lipinski definition) is 5. The lowest BCUT2D eigenvalue weighted by atomic mass is 10.3. The number of hydrogen-bond donors (Lipinski definition) is 1. The van der Waals surface area contributed by atoms with Gasteiger partial charge >= 0.3 is 0 Å². The molecule has 106 valence electrons. The van der Waals surface area contributed by atoms with E-state index in [0.717, 1.165) is 12.8 Å². The second-order valence-corrected chi connectivity index (χ2v) is 6.26. The van der Waals surface area contributed by atoms with Crippen molar-refractivity contribution in [1.82, 2.24) is 9.88 Å². The van der Waals surface area contributed by atoms with Crippen LogP contribution in [0.4, 0.5) is 5.69 Å². The van der Waals surface area contributed by atoms with Crippen LogP contribution in [0, 0.1) is 0 Å². The second kappa shape index (κ2) is 4.90. The molecule has 1 saturated carbocycles. The van der Waals surface area contributed by atoms with E-state index in [4.69, 9.17) is 10.2 Å². The molecule has 3 rings (SSSR count). The fraction of sp³-hybridized carbons (Fsp3) is 0.385. The van der Waals surface area contributed by atoms with E-state index in [0.29, 0.717) is 22.8 Å². The molecule has 1 heterocycles. The van der Waals surface area contributed by atoms with E-state index in [1.54, 1.807) is 30.1 Å². The van der Waals surface area contributed by atoms with E-state index in [-0.39, 0.29) is 16.9 Å². The first-order valence-corrected chi connectivity index (χ1v) is 7.66. The number of amides is 1. The third-order valence-corrected chi connectivity index (χ3v) is 4.40. The zero-order chi connectivity index (χ0) is 14.3. The summed E-state index contributed by atoms with van der Waals surface area (Å²) in [6.45, 7) is 0. The topological polar surface area (TPSA) is 89.4 Å². The molecule has 0 spiro atoms. The molecule has 1 aliphatic carbocycles. The lowest BCUT2D eigenvalue weighted by Crippen LogP contribution is -2.32. The summed E-state index contributed by atoms with van der Waals surface area (Å²) < 4.78 is 17.5. The Kier molecular flexibility index (Phi) is 3.21. The predicted octanol–water partition coefficient (Wildman–Crippen LogP) is 1.14. The highest BCUT2D eigenvalue weighted by Gasteiger charge is 2.30. The minimum Gasteiger partial charge on any atom is -0.430 e. The average molecular weight is 293 g/mol. The van der Waals surface area contributed by atoms with Crippen molar-refractivity contribution >= 4 is 33.5 Å². The molecular formula is C13H15N3O3S. The van der Waals surface area contributed by atoms with Crippen molar-refractivity contribution in [1.29, 1.82) is 0 Å². The normalized spacial score (nSPS) is 16.2. The first-order valence-electron chi connectivity index (χ1n) is 6.34. The molecule has 1 atom stereocenters. The van der Waals surface area contributed by atoms with Gasteiger partial charge in [0.15, 0.2) is 5.58 Å². The fourth-order valence-electron chi connectivity index (χ4n) is 1.96. The molecule has 0 bridgehead atoms. The van der Waals surface area contributed by atoms with Gasteiger partial charge in [-0.1, -0.05) is 0 Å². The van der Waals surface area contributed by atoms with Crippen LogP contribution >= 0.6 is 0 Å². The Bertz CT molecular complexity index is 693. The highest BCUT2D eigenvalue weighted by molar-refractivity contribution is 7.85. The van der Waals surface area contributed by atoms with E-state index in [2.05, 4.69) is 4.98 Å². The van der Waals surface area contributed by atoms with Gasteiger partial charge in [-0.2, -0.15) is 0 Å². The molecule has 2 aromatic rings. The smallest absolute Gasteiger partial charge is 0.288 e. The van der Waals surface area contributed by atoms with Crippen molar-refractivity contribution in [3.63, 3.8) is 0 Å². The SMILES string of the molecule is CN(C(=O)CS(=O)c1nc2ccc(N)cc2o1)C1CC1. The lowest BCUT2D eigenvalue weighted by Gasteiger charge is -2.14. The molecule has 1 unspecified atom stereocenters. The Morgan fingerprint density at radius 1 is 1.55 bits per heavy atom. The molecule has 0 saturated heterocycles. The third kappa shape index (κ3) is 2.53. The maximum atomic E-state index is 12.1. The monoisotopic (exact) mass is 293 g/mol. The van der Waals surface area contributed by atoms with Crippen molar-refractivity contribution in [3.05, 3.63) is 18.2 Å². The summed E-state index contributed by atoms with van der Waals surface area (Å²) in [7, 11) is 0.168. The molecule has 6 nitrogen and oxygen atoms in total. The van der Waals surface area contributed by atoms with Gasteiger partial charge in [0.25, 0.3) is 5.22 Å². The van der Waals surface area contributed by atoms with Crippen molar-refractivity contribution in [2.45, 2.75) is 24.1 Å². The van der Waals surface area contributed by atoms with Crippen LogP contribution in [0.2, 0.25) is 0 Å².